The smallest absolute Gasteiger partial charge is 0.332 e. The molecule has 0 fully saturated rings. The Bertz CT molecular complexity index is 553. The molecule has 4 nitrogen and oxygen atoms in total. The number of anilines is 1. The van der Waals surface area contributed by atoms with E-state index in [0.717, 1.165) is 5.01 Å². The molecule has 94 valence electrons. The van der Waals surface area contributed by atoms with Crippen molar-refractivity contribution in [3.8, 4) is 0 Å². The summed E-state index contributed by atoms with van der Waals surface area (Å²) in [5, 5.41) is 14.5. The highest BCUT2D eigenvalue weighted by atomic mass is 32.1. The van der Waals surface area contributed by atoms with E-state index in [9.17, 15) is 14.3 Å². The van der Waals surface area contributed by atoms with Gasteiger partial charge in [0.1, 0.15) is 5.82 Å². The monoisotopic (exact) mass is 266 g/mol. The molecule has 2 rings (SSSR count). The van der Waals surface area contributed by atoms with Gasteiger partial charge in [0.15, 0.2) is 6.04 Å². The molecule has 1 unspecified atom stereocenters. The van der Waals surface area contributed by atoms with Crippen LogP contribution in [-0.2, 0) is 4.79 Å². The standard InChI is InChI=1S/C12H11FN2O2S/c1-7-14-10(6-18-7)11(12(16)17)15-9-4-2-8(13)3-5-9/h2-6,11,15H,1H3,(H,16,17). The number of nitrogens with one attached hydrogen (secondary N) is 1. The summed E-state index contributed by atoms with van der Waals surface area (Å²) in [5.41, 5.74) is 0.990. The fraction of sp³-hybridized carbons (Fsp3) is 0.167. The van der Waals surface area contributed by atoms with Crippen LogP contribution in [0.15, 0.2) is 29.6 Å². The molecule has 0 saturated heterocycles. The van der Waals surface area contributed by atoms with E-state index >= 15 is 0 Å². The lowest BCUT2D eigenvalue weighted by Crippen LogP contribution is -2.20. The molecule has 0 bridgehead atoms. The molecule has 0 aliphatic rings. The zero-order chi connectivity index (χ0) is 13.1. The average Bonchev–Trinajstić information content (AvgIpc) is 2.74. The molecule has 0 saturated carbocycles. The zero-order valence-electron chi connectivity index (χ0n) is 9.55. The minimum atomic E-state index is -1.02. The number of aromatic nitrogens is 1. The van der Waals surface area contributed by atoms with Gasteiger partial charge in [-0.1, -0.05) is 0 Å². The van der Waals surface area contributed by atoms with Gasteiger partial charge in [-0.3, -0.25) is 0 Å². The van der Waals surface area contributed by atoms with Gasteiger partial charge in [0.25, 0.3) is 0 Å². The summed E-state index contributed by atoms with van der Waals surface area (Å²) in [6.45, 7) is 1.81. The van der Waals surface area contributed by atoms with Crippen LogP contribution in [0.1, 0.15) is 16.7 Å². The highest BCUT2D eigenvalue weighted by molar-refractivity contribution is 7.09. The first-order valence-electron chi connectivity index (χ1n) is 5.23. The Kier molecular flexibility index (Phi) is 3.57. The van der Waals surface area contributed by atoms with E-state index in [1.807, 2.05) is 6.92 Å². The van der Waals surface area contributed by atoms with Gasteiger partial charge >= 0.3 is 5.97 Å². The van der Waals surface area contributed by atoms with Gasteiger partial charge < -0.3 is 10.4 Å². The number of carbonyl (C=O) groups is 1. The lowest BCUT2D eigenvalue weighted by atomic mass is 10.2. The average molecular weight is 266 g/mol. The first kappa shape index (κ1) is 12.5. The van der Waals surface area contributed by atoms with Crippen LogP contribution in [0.2, 0.25) is 0 Å². The van der Waals surface area contributed by atoms with Crippen molar-refractivity contribution < 1.29 is 14.3 Å². The molecular weight excluding hydrogens is 255 g/mol. The van der Waals surface area contributed by atoms with Crippen molar-refractivity contribution in [2.75, 3.05) is 5.32 Å². The molecule has 0 spiro atoms. The van der Waals surface area contributed by atoms with E-state index in [-0.39, 0.29) is 5.82 Å². The number of thiazole rings is 1. The number of hydrogen-bond acceptors (Lipinski definition) is 4. The maximum atomic E-state index is 12.8. The number of rotatable bonds is 4. The summed E-state index contributed by atoms with van der Waals surface area (Å²) in [5.74, 6) is -1.39. The maximum Gasteiger partial charge on any atom is 0.332 e. The van der Waals surface area contributed by atoms with E-state index in [4.69, 9.17) is 0 Å². The van der Waals surface area contributed by atoms with Crippen LogP contribution in [0, 0.1) is 12.7 Å². The second-order valence-electron chi connectivity index (χ2n) is 3.71. The Hall–Kier alpha value is -1.95. The molecule has 0 radical (unpaired) electrons. The number of halogens is 1. The van der Waals surface area contributed by atoms with E-state index in [1.165, 1.54) is 35.6 Å². The second-order valence-corrected chi connectivity index (χ2v) is 4.78. The first-order valence-corrected chi connectivity index (χ1v) is 6.11. The molecule has 6 heteroatoms. The van der Waals surface area contributed by atoms with Crippen molar-refractivity contribution in [3.05, 3.63) is 46.2 Å². The van der Waals surface area contributed by atoms with Crippen LogP contribution in [0.3, 0.4) is 0 Å². The molecule has 0 amide bonds. The molecule has 2 N–H and O–H groups in total. The Balaban J connectivity index is 2.22. The number of carboxylic acid groups (broad SMARTS) is 1. The molecule has 1 aromatic heterocycles. The first-order chi connectivity index (χ1) is 8.56. The minimum absolute atomic E-state index is 0.364. The van der Waals surface area contributed by atoms with Crippen LogP contribution >= 0.6 is 11.3 Å². The van der Waals surface area contributed by atoms with E-state index in [0.29, 0.717) is 11.4 Å². The summed E-state index contributed by atoms with van der Waals surface area (Å²) in [6.07, 6.45) is 0. The van der Waals surface area contributed by atoms with Crippen LogP contribution in [0.25, 0.3) is 0 Å². The van der Waals surface area contributed by atoms with Crippen molar-refractivity contribution in [1.29, 1.82) is 0 Å². The summed E-state index contributed by atoms with van der Waals surface area (Å²) in [7, 11) is 0. The summed E-state index contributed by atoms with van der Waals surface area (Å²) in [6, 6.07) is 4.59. The number of aryl methyl sites for hydroxylation is 1. The van der Waals surface area contributed by atoms with Crippen molar-refractivity contribution >= 4 is 23.0 Å². The van der Waals surface area contributed by atoms with Crippen LogP contribution in [0.5, 0.6) is 0 Å². The van der Waals surface area contributed by atoms with Crippen LogP contribution in [-0.4, -0.2) is 16.1 Å². The van der Waals surface area contributed by atoms with Crippen molar-refractivity contribution in [2.45, 2.75) is 13.0 Å². The van der Waals surface area contributed by atoms with Gasteiger partial charge in [-0.25, -0.2) is 14.2 Å². The summed E-state index contributed by atoms with van der Waals surface area (Å²) < 4.78 is 12.8. The largest absolute Gasteiger partial charge is 0.479 e. The fourth-order valence-electron chi connectivity index (χ4n) is 1.49. The van der Waals surface area contributed by atoms with E-state index in [2.05, 4.69) is 10.3 Å². The van der Waals surface area contributed by atoms with Crippen molar-refractivity contribution in [2.24, 2.45) is 0 Å². The third-order valence-electron chi connectivity index (χ3n) is 2.33. The number of aliphatic carboxylic acids is 1. The second kappa shape index (κ2) is 5.14. The normalized spacial score (nSPS) is 12.1. The molecule has 18 heavy (non-hydrogen) atoms. The van der Waals surface area contributed by atoms with Crippen molar-refractivity contribution in [1.82, 2.24) is 4.98 Å². The Labute approximate surface area is 107 Å². The lowest BCUT2D eigenvalue weighted by molar-refractivity contribution is -0.138. The highest BCUT2D eigenvalue weighted by Gasteiger charge is 2.22. The maximum absolute atomic E-state index is 12.8. The Morgan fingerprint density at radius 3 is 2.61 bits per heavy atom. The lowest BCUT2D eigenvalue weighted by Gasteiger charge is -2.13. The number of hydrogen-bond donors (Lipinski definition) is 2. The molecule has 0 aliphatic carbocycles. The molecule has 1 heterocycles. The third kappa shape index (κ3) is 2.84. The molecule has 1 aromatic carbocycles. The summed E-state index contributed by atoms with van der Waals surface area (Å²) >= 11 is 1.39. The SMILES string of the molecule is Cc1nc(C(Nc2ccc(F)cc2)C(=O)O)cs1. The van der Waals surface area contributed by atoms with E-state index in [1.54, 1.807) is 5.38 Å². The quantitative estimate of drug-likeness (QED) is 0.893. The molecule has 0 aliphatic heterocycles. The number of nitrogens with zero attached hydrogens (tertiary/aromatic N) is 1. The predicted molar refractivity (Wildman–Crippen MR) is 67.3 cm³/mol. The van der Waals surface area contributed by atoms with Gasteiger partial charge in [-0.05, 0) is 31.2 Å². The summed E-state index contributed by atoms with van der Waals surface area (Å²) in [4.78, 5) is 15.4. The van der Waals surface area contributed by atoms with E-state index < -0.39 is 12.0 Å². The van der Waals surface area contributed by atoms with Crippen LogP contribution in [0.4, 0.5) is 10.1 Å². The van der Waals surface area contributed by atoms with Gasteiger partial charge in [0.2, 0.25) is 0 Å². The van der Waals surface area contributed by atoms with Crippen LogP contribution < -0.4 is 5.32 Å². The fourth-order valence-corrected chi connectivity index (χ4v) is 2.13. The molecule has 1 atom stereocenters. The number of carboxylic acids is 1. The highest BCUT2D eigenvalue weighted by Crippen LogP contribution is 2.21. The Morgan fingerprint density at radius 1 is 1.44 bits per heavy atom. The predicted octanol–water partition coefficient (Wildman–Crippen LogP) is 2.83. The molecule has 2 aromatic rings. The van der Waals surface area contributed by atoms with Gasteiger partial charge in [0.05, 0.1) is 10.7 Å². The third-order valence-corrected chi connectivity index (χ3v) is 3.13. The Morgan fingerprint density at radius 2 is 2.11 bits per heavy atom. The molecular formula is C12H11FN2O2S. The zero-order valence-corrected chi connectivity index (χ0v) is 10.4. The van der Waals surface area contributed by atoms with Crippen molar-refractivity contribution in [3.63, 3.8) is 0 Å². The van der Waals surface area contributed by atoms with Gasteiger partial charge in [0, 0.05) is 11.1 Å². The van der Waals surface area contributed by atoms with Gasteiger partial charge in [-0.2, -0.15) is 0 Å². The minimum Gasteiger partial charge on any atom is -0.479 e. The van der Waals surface area contributed by atoms with Gasteiger partial charge in [-0.15, -0.1) is 11.3 Å². The number of benzene rings is 1. The topological polar surface area (TPSA) is 62.2 Å².